The van der Waals surface area contributed by atoms with Crippen LogP contribution >= 0.6 is 11.3 Å². The summed E-state index contributed by atoms with van der Waals surface area (Å²) in [6, 6.07) is 12.5. The maximum Gasteiger partial charge on any atom is 0.573 e. The molecule has 0 atom stereocenters. The molecule has 3 nitrogen and oxygen atoms in total. The molecule has 0 aliphatic heterocycles. The van der Waals surface area contributed by atoms with E-state index in [4.69, 9.17) is 5.11 Å². The topological polar surface area (TPSA) is 46.5 Å². The standard InChI is InChI=1S/C16H9F3O3S/c17-16(18,19)22-12-5-3-9(4-6-12)10-1-2-11-8-14(15(20)21)23-13(11)7-10/h1-8H,(H,20,21). The van der Waals surface area contributed by atoms with Gasteiger partial charge in [0, 0.05) is 4.70 Å². The number of alkyl halides is 3. The number of rotatable bonds is 3. The summed E-state index contributed by atoms with van der Waals surface area (Å²) < 4.78 is 41.0. The van der Waals surface area contributed by atoms with Gasteiger partial charge in [0.15, 0.2) is 0 Å². The predicted molar refractivity (Wildman–Crippen MR) is 80.9 cm³/mol. The monoisotopic (exact) mass is 338 g/mol. The van der Waals surface area contributed by atoms with Crippen molar-refractivity contribution in [2.24, 2.45) is 0 Å². The van der Waals surface area contributed by atoms with E-state index in [1.165, 1.54) is 24.3 Å². The highest BCUT2D eigenvalue weighted by molar-refractivity contribution is 7.20. The number of halogens is 3. The third kappa shape index (κ3) is 3.45. The van der Waals surface area contributed by atoms with Gasteiger partial charge in [0.25, 0.3) is 0 Å². The number of ether oxygens (including phenoxy) is 1. The SMILES string of the molecule is O=C(O)c1cc2ccc(-c3ccc(OC(F)(F)F)cc3)cc2s1. The maximum atomic E-state index is 12.1. The van der Waals surface area contributed by atoms with Crippen LogP contribution in [0.15, 0.2) is 48.5 Å². The minimum absolute atomic E-state index is 0.242. The molecule has 0 unspecified atom stereocenters. The van der Waals surface area contributed by atoms with Crippen molar-refractivity contribution < 1.29 is 27.8 Å². The molecular formula is C16H9F3O3S. The quantitative estimate of drug-likeness (QED) is 0.717. The molecule has 118 valence electrons. The minimum atomic E-state index is -4.72. The molecule has 0 aliphatic carbocycles. The van der Waals surface area contributed by atoms with Gasteiger partial charge in [-0.05, 0) is 40.8 Å². The van der Waals surface area contributed by atoms with Crippen molar-refractivity contribution in [3.05, 3.63) is 53.4 Å². The molecule has 0 amide bonds. The van der Waals surface area contributed by atoms with E-state index in [0.717, 1.165) is 27.0 Å². The van der Waals surface area contributed by atoms with Crippen LogP contribution in [0.25, 0.3) is 21.2 Å². The zero-order chi connectivity index (χ0) is 16.6. The lowest BCUT2D eigenvalue weighted by Gasteiger charge is -2.09. The summed E-state index contributed by atoms with van der Waals surface area (Å²) >= 11 is 1.15. The van der Waals surface area contributed by atoms with E-state index in [0.29, 0.717) is 5.56 Å². The van der Waals surface area contributed by atoms with E-state index < -0.39 is 12.3 Å². The summed E-state index contributed by atoms with van der Waals surface area (Å²) in [5, 5.41) is 9.81. The molecule has 0 fully saturated rings. The van der Waals surface area contributed by atoms with Gasteiger partial charge in [-0.25, -0.2) is 4.79 Å². The van der Waals surface area contributed by atoms with Crippen LogP contribution < -0.4 is 4.74 Å². The van der Waals surface area contributed by atoms with E-state index in [9.17, 15) is 18.0 Å². The fourth-order valence-corrected chi connectivity index (χ4v) is 3.11. The normalized spacial score (nSPS) is 11.6. The smallest absolute Gasteiger partial charge is 0.477 e. The first kappa shape index (κ1) is 15.4. The summed E-state index contributed by atoms with van der Waals surface area (Å²) in [5.41, 5.74) is 1.50. The van der Waals surface area contributed by atoms with Crippen LogP contribution in [0.2, 0.25) is 0 Å². The number of hydrogen-bond acceptors (Lipinski definition) is 3. The van der Waals surface area contributed by atoms with Crippen LogP contribution in [0, 0.1) is 0 Å². The van der Waals surface area contributed by atoms with Gasteiger partial charge in [-0.1, -0.05) is 24.3 Å². The summed E-state index contributed by atoms with van der Waals surface area (Å²) in [7, 11) is 0. The minimum Gasteiger partial charge on any atom is -0.477 e. The first-order chi connectivity index (χ1) is 10.8. The molecule has 0 bridgehead atoms. The Morgan fingerprint density at radius 2 is 1.65 bits per heavy atom. The third-order valence-corrected chi connectivity index (χ3v) is 4.24. The van der Waals surface area contributed by atoms with Crippen molar-refractivity contribution in [1.29, 1.82) is 0 Å². The van der Waals surface area contributed by atoms with Gasteiger partial charge >= 0.3 is 12.3 Å². The van der Waals surface area contributed by atoms with Crippen LogP contribution in [0.4, 0.5) is 13.2 Å². The molecule has 0 saturated carbocycles. The maximum absolute atomic E-state index is 12.1. The Hall–Kier alpha value is -2.54. The molecule has 1 heterocycles. The summed E-state index contributed by atoms with van der Waals surface area (Å²) in [4.78, 5) is 11.2. The van der Waals surface area contributed by atoms with Gasteiger partial charge in [0.05, 0.1) is 0 Å². The van der Waals surface area contributed by atoms with E-state index >= 15 is 0 Å². The second kappa shape index (κ2) is 5.58. The van der Waals surface area contributed by atoms with Crippen molar-refractivity contribution >= 4 is 27.4 Å². The molecule has 7 heteroatoms. The van der Waals surface area contributed by atoms with Gasteiger partial charge in [-0.15, -0.1) is 24.5 Å². The lowest BCUT2D eigenvalue weighted by Crippen LogP contribution is -2.16. The zero-order valence-corrected chi connectivity index (χ0v) is 12.2. The molecule has 0 saturated heterocycles. The second-order valence-electron chi connectivity index (χ2n) is 4.74. The summed E-state index contributed by atoms with van der Waals surface area (Å²) in [5.74, 6) is -1.27. The van der Waals surface area contributed by atoms with Crippen LogP contribution in [-0.2, 0) is 0 Å². The van der Waals surface area contributed by atoms with Crippen LogP contribution in [-0.4, -0.2) is 17.4 Å². The van der Waals surface area contributed by atoms with Crippen LogP contribution in [0.5, 0.6) is 5.75 Å². The van der Waals surface area contributed by atoms with Crippen molar-refractivity contribution in [3.63, 3.8) is 0 Å². The Morgan fingerprint density at radius 1 is 1.00 bits per heavy atom. The van der Waals surface area contributed by atoms with Gasteiger partial charge in [-0.3, -0.25) is 0 Å². The van der Waals surface area contributed by atoms with Crippen LogP contribution in [0.3, 0.4) is 0 Å². The average molecular weight is 338 g/mol. The number of carbonyl (C=O) groups is 1. The molecule has 3 rings (SSSR count). The lowest BCUT2D eigenvalue weighted by molar-refractivity contribution is -0.274. The largest absolute Gasteiger partial charge is 0.573 e. The van der Waals surface area contributed by atoms with Gasteiger partial charge in [-0.2, -0.15) is 0 Å². The van der Waals surface area contributed by atoms with E-state index in [2.05, 4.69) is 4.74 Å². The Balaban J connectivity index is 1.92. The number of carboxylic acid groups (broad SMARTS) is 1. The second-order valence-corrected chi connectivity index (χ2v) is 5.82. The third-order valence-electron chi connectivity index (χ3n) is 3.15. The molecule has 0 aliphatic rings. The van der Waals surface area contributed by atoms with Crippen LogP contribution in [0.1, 0.15) is 9.67 Å². The van der Waals surface area contributed by atoms with Crippen molar-refractivity contribution in [2.75, 3.05) is 0 Å². The van der Waals surface area contributed by atoms with Crippen molar-refractivity contribution in [1.82, 2.24) is 0 Å². The summed E-state index contributed by atoms with van der Waals surface area (Å²) in [6.45, 7) is 0. The molecule has 23 heavy (non-hydrogen) atoms. The lowest BCUT2D eigenvalue weighted by atomic mass is 10.0. The highest BCUT2D eigenvalue weighted by Gasteiger charge is 2.30. The molecule has 2 aromatic carbocycles. The number of thiophene rings is 1. The Morgan fingerprint density at radius 3 is 2.26 bits per heavy atom. The Bertz CT molecular complexity index is 866. The highest BCUT2D eigenvalue weighted by Crippen LogP contribution is 2.32. The highest BCUT2D eigenvalue weighted by atomic mass is 32.1. The van der Waals surface area contributed by atoms with Crippen molar-refractivity contribution in [2.45, 2.75) is 6.36 Å². The van der Waals surface area contributed by atoms with Crippen molar-refractivity contribution in [3.8, 4) is 16.9 Å². The van der Waals surface area contributed by atoms with E-state index in [1.807, 2.05) is 6.07 Å². The number of hydrogen-bond donors (Lipinski definition) is 1. The zero-order valence-electron chi connectivity index (χ0n) is 11.4. The van der Waals surface area contributed by atoms with E-state index in [-0.39, 0.29) is 10.6 Å². The molecule has 1 N–H and O–H groups in total. The molecule has 3 aromatic rings. The molecule has 0 spiro atoms. The summed E-state index contributed by atoms with van der Waals surface area (Å²) in [6.07, 6.45) is -4.72. The number of benzene rings is 2. The molecular weight excluding hydrogens is 329 g/mol. The Labute approximate surface area is 132 Å². The fourth-order valence-electron chi connectivity index (χ4n) is 2.17. The predicted octanol–water partition coefficient (Wildman–Crippen LogP) is 5.17. The van der Waals surface area contributed by atoms with Gasteiger partial charge in [0.2, 0.25) is 0 Å². The molecule has 0 radical (unpaired) electrons. The average Bonchev–Trinajstić information content (AvgIpc) is 2.89. The Kier molecular flexibility index (Phi) is 3.73. The van der Waals surface area contributed by atoms with Gasteiger partial charge in [0.1, 0.15) is 10.6 Å². The fraction of sp³-hybridized carbons (Fsp3) is 0.0625. The number of carboxylic acids is 1. The first-order valence-corrected chi connectivity index (χ1v) is 7.26. The molecule has 1 aromatic heterocycles. The number of fused-ring (bicyclic) bond motifs is 1. The number of aromatic carboxylic acids is 1. The first-order valence-electron chi connectivity index (χ1n) is 6.45. The van der Waals surface area contributed by atoms with Gasteiger partial charge < -0.3 is 9.84 Å². The van der Waals surface area contributed by atoms with E-state index in [1.54, 1.807) is 18.2 Å².